The Balaban J connectivity index is 5.05. The Morgan fingerprint density at radius 1 is 1.03 bits per heavy atom. The van der Waals surface area contributed by atoms with E-state index in [1.807, 2.05) is 13.8 Å². The van der Waals surface area contributed by atoms with Crippen LogP contribution < -0.4 is 10.6 Å². The van der Waals surface area contributed by atoms with Crippen molar-refractivity contribution in [2.75, 3.05) is 13.1 Å². The normalized spacial score (nSPS) is 12.2. The molecular formula is C16H27B7N2O5S. The molecule has 0 saturated carbocycles. The Morgan fingerprint density at radius 2 is 1.58 bits per heavy atom. The number of hydrogen-bond acceptors (Lipinski definition) is 5. The fourth-order valence-electron chi connectivity index (χ4n) is 2.64. The third-order valence-corrected chi connectivity index (χ3v) is 6.87. The van der Waals surface area contributed by atoms with Crippen LogP contribution in [-0.4, -0.2) is 90.4 Å². The summed E-state index contributed by atoms with van der Waals surface area (Å²) in [7, 11) is 19.8. The van der Waals surface area contributed by atoms with Gasteiger partial charge in [0.25, 0.3) is 0 Å². The summed E-state index contributed by atoms with van der Waals surface area (Å²) >= 11 is 0. The summed E-state index contributed by atoms with van der Waals surface area (Å²) in [6.45, 7) is 8.29. The number of rotatable bonds is 10. The van der Waals surface area contributed by atoms with Crippen LogP contribution in [0.4, 0.5) is 4.79 Å². The number of Topliss-reactive ketones (excluding diaryl/α,β-unsaturated/α-hetero) is 1. The molecule has 0 aliphatic heterocycles. The Kier molecular flexibility index (Phi) is 13.0. The number of ketones is 1. The molecule has 0 fully saturated rings. The summed E-state index contributed by atoms with van der Waals surface area (Å²) in [6.07, 6.45) is -0.405. The van der Waals surface area contributed by atoms with E-state index < -0.39 is 43.1 Å². The van der Waals surface area contributed by atoms with Crippen LogP contribution in [0, 0.1) is 11.8 Å². The van der Waals surface area contributed by atoms with E-state index >= 15 is 0 Å². The van der Waals surface area contributed by atoms with Crippen molar-refractivity contribution >= 4 is 80.4 Å². The molecule has 15 heteroatoms. The molecule has 0 aromatic rings. The molecule has 7 nitrogen and oxygen atoms in total. The second-order valence-corrected chi connectivity index (χ2v) is 11.6. The zero-order chi connectivity index (χ0) is 24.4. The van der Waals surface area contributed by atoms with Crippen LogP contribution in [0.1, 0.15) is 47.5 Å². The van der Waals surface area contributed by atoms with Crippen molar-refractivity contribution < 1.29 is 23.9 Å². The van der Waals surface area contributed by atoms with Gasteiger partial charge in [-0.3, -0.25) is 0 Å². The topological polar surface area (TPSA) is 102 Å². The first-order valence-electron chi connectivity index (χ1n) is 9.91. The molecule has 0 saturated heterocycles. The molecule has 1 unspecified atom stereocenters. The van der Waals surface area contributed by atoms with E-state index in [4.69, 9.17) is 35.7 Å². The second kappa shape index (κ2) is 13.4. The van der Waals surface area contributed by atoms with Crippen LogP contribution in [0.2, 0.25) is 0 Å². The van der Waals surface area contributed by atoms with E-state index in [0.717, 1.165) is 12.1 Å². The number of nitrogens with one attached hydrogen (secondary N) is 2. The van der Waals surface area contributed by atoms with Crippen LogP contribution >= 0.6 is 8.73 Å². The summed E-state index contributed by atoms with van der Waals surface area (Å²) in [4.78, 5) is 49.2. The fourth-order valence-corrected chi connectivity index (χ4v) is 4.03. The molecule has 0 bridgehead atoms. The maximum atomic E-state index is 12.7. The third-order valence-electron chi connectivity index (χ3n) is 4.13. The summed E-state index contributed by atoms with van der Waals surface area (Å²) in [5.41, 5.74) is -0.690. The van der Waals surface area contributed by atoms with Crippen molar-refractivity contribution in [3.63, 3.8) is 0 Å². The van der Waals surface area contributed by atoms with Gasteiger partial charge < -0.3 is 0 Å². The quantitative estimate of drug-likeness (QED) is 0.443. The van der Waals surface area contributed by atoms with Gasteiger partial charge in [0.2, 0.25) is 0 Å². The maximum absolute atomic E-state index is 12.7. The van der Waals surface area contributed by atoms with E-state index in [0.29, 0.717) is 6.42 Å². The van der Waals surface area contributed by atoms with Crippen molar-refractivity contribution in [3.05, 3.63) is 0 Å². The minimum atomic E-state index is -2.59. The zero-order valence-electron chi connectivity index (χ0n) is 19.0. The number of alkyl carbamates (subject to hydrolysis) is 1. The fraction of sp³-hybridized carbons (Fsp3) is 0.750. The molecule has 0 aliphatic rings. The minimum absolute atomic E-state index is 0.103. The van der Waals surface area contributed by atoms with Gasteiger partial charge in [0.1, 0.15) is 5.60 Å². The van der Waals surface area contributed by atoms with Crippen molar-refractivity contribution in [2.24, 2.45) is 11.8 Å². The Morgan fingerprint density at radius 3 is 2.00 bits per heavy atom. The van der Waals surface area contributed by atoms with Crippen molar-refractivity contribution in [2.45, 2.75) is 53.1 Å². The molecule has 31 heavy (non-hydrogen) atoms. The average Bonchev–Trinajstić information content (AvgIpc) is 2.63. The summed E-state index contributed by atoms with van der Waals surface area (Å²) in [5.74, 6) is -2.47. The number of carbonyl (C=O) groups is 4. The number of carbonyl (C=O) groups excluding carboxylic acids is 4. The van der Waals surface area contributed by atoms with Gasteiger partial charge in [-0.05, 0) is 20.8 Å². The monoisotopic (exact) mass is 436 g/mol. The van der Waals surface area contributed by atoms with Crippen LogP contribution in [0.5, 0.6) is 0 Å². The van der Waals surface area contributed by atoms with E-state index in [1.54, 1.807) is 20.8 Å². The second-order valence-electron chi connectivity index (χ2n) is 8.51. The number of amides is 2. The summed E-state index contributed by atoms with van der Waals surface area (Å²) in [6, 6.07) is 2.15. The van der Waals surface area contributed by atoms with Gasteiger partial charge in [-0.15, -0.1) is 0 Å². The molecular weight excluding hydrogens is 408 g/mol. The SMILES string of the molecule is [B]B=S(=B[B])(B([B])[B])C(=O)CNC(=O)C(CC(=O)CNC(=O)OC(C)(C)C)CC(C)C. The predicted molar refractivity (Wildman–Crippen MR) is 133 cm³/mol. The van der Waals surface area contributed by atoms with Crippen molar-refractivity contribution in [1.82, 2.24) is 10.6 Å². The van der Waals surface area contributed by atoms with Gasteiger partial charge in [-0.2, -0.15) is 0 Å². The number of hydrogen-bond donors (Lipinski definition) is 2. The van der Waals surface area contributed by atoms with Crippen LogP contribution in [0.3, 0.4) is 0 Å². The predicted octanol–water partition coefficient (Wildman–Crippen LogP) is -0.693. The molecule has 1 atom stereocenters. The first-order chi connectivity index (χ1) is 14.2. The Bertz CT molecular complexity index is 776. The van der Waals surface area contributed by atoms with Crippen LogP contribution in [-0.2, 0) is 19.1 Å². The van der Waals surface area contributed by atoms with Crippen molar-refractivity contribution in [3.8, 4) is 0 Å². The molecule has 0 aliphatic carbocycles. The molecule has 8 radical (unpaired) electrons. The number of ether oxygens (including phenoxy) is 1. The molecule has 0 aromatic carbocycles. The van der Waals surface area contributed by atoms with Gasteiger partial charge in [-0.25, -0.2) is 0 Å². The van der Waals surface area contributed by atoms with E-state index in [9.17, 15) is 19.2 Å². The molecule has 0 rings (SSSR count). The Labute approximate surface area is 193 Å². The molecule has 0 spiro atoms. The first-order valence-corrected chi connectivity index (χ1v) is 11.7. The van der Waals surface area contributed by atoms with Gasteiger partial charge in [-0.1, -0.05) is 0 Å². The molecule has 158 valence electrons. The van der Waals surface area contributed by atoms with Gasteiger partial charge in [0, 0.05) is 0 Å². The van der Waals surface area contributed by atoms with Gasteiger partial charge in [0.05, 0.1) is 0 Å². The summed E-state index contributed by atoms with van der Waals surface area (Å²) < 4.78 is 5.08. The molecule has 0 aromatic heterocycles. The van der Waals surface area contributed by atoms with Crippen LogP contribution in [0.25, 0.3) is 0 Å². The molecule has 0 heterocycles. The van der Waals surface area contributed by atoms with Gasteiger partial charge in [0.15, 0.2) is 0 Å². The van der Waals surface area contributed by atoms with E-state index in [2.05, 4.69) is 10.6 Å². The average molecular weight is 435 g/mol. The van der Waals surface area contributed by atoms with E-state index in [1.165, 1.54) is 0 Å². The molecule has 2 amide bonds. The van der Waals surface area contributed by atoms with E-state index in [-0.39, 0.29) is 31.2 Å². The third kappa shape index (κ3) is 10.8. The standard InChI is InChI=1S/C16H27B7N2O5S/c1-10(2)6-11(7-12(26)8-25-15(29)30-16(3,4)5)14(28)24-9-13(27)31(21-17,22-18)23(19)20/h10-11H,6-9H2,1-5H3,(H,24,28)(H,25,29). The van der Waals surface area contributed by atoms with Crippen LogP contribution in [0.15, 0.2) is 0 Å². The van der Waals surface area contributed by atoms with Gasteiger partial charge >= 0.3 is 167 Å². The molecule has 2 N–H and O–H groups in total. The first kappa shape index (κ1) is 29.9. The summed E-state index contributed by atoms with van der Waals surface area (Å²) in [5, 5.41) is 4.40. The van der Waals surface area contributed by atoms with Crippen molar-refractivity contribution in [1.29, 1.82) is 0 Å². The zero-order valence-corrected chi connectivity index (χ0v) is 19.8. The Hall–Kier alpha value is -1.12.